The molecule has 3 rings (SSSR count). The summed E-state index contributed by atoms with van der Waals surface area (Å²) in [6.07, 6.45) is 1.22. The molecule has 0 saturated carbocycles. The van der Waals surface area contributed by atoms with Crippen molar-refractivity contribution in [1.29, 1.82) is 5.26 Å². The Morgan fingerprint density at radius 1 is 1.24 bits per heavy atom. The molecule has 0 unspecified atom stereocenters. The summed E-state index contributed by atoms with van der Waals surface area (Å²) < 4.78 is 5.47. The first-order valence-corrected chi connectivity index (χ1v) is 8.25. The summed E-state index contributed by atoms with van der Waals surface area (Å²) in [7, 11) is 0. The monoisotopic (exact) mass is 336 g/mol. The first-order chi connectivity index (χ1) is 12.1. The van der Waals surface area contributed by atoms with Gasteiger partial charge in [-0.3, -0.25) is 4.79 Å². The molecule has 1 amide bonds. The third-order valence-corrected chi connectivity index (χ3v) is 4.72. The Bertz CT molecular complexity index is 813. The fourth-order valence-electron chi connectivity index (χ4n) is 3.32. The molecule has 1 heterocycles. The van der Waals surface area contributed by atoms with Gasteiger partial charge in [-0.15, -0.1) is 0 Å². The van der Waals surface area contributed by atoms with Gasteiger partial charge < -0.3 is 15.2 Å². The minimum absolute atomic E-state index is 0.0366. The standard InChI is InChI=1S/C20H20N2O3/c1-14-4-2-7-17(23)18(14)19(24)22-20(8-10-25-11-9-20)16-6-3-5-15(12-16)13-21/h2-7,12,23H,8-11H2,1H3,(H,22,24). The van der Waals surface area contributed by atoms with Gasteiger partial charge >= 0.3 is 0 Å². The van der Waals surface area contributed by atoms with Crippen LogP contribution in [0.3, 0.4) is 0 Å². The average molecular weight is 336 g/mol. The van der Waals surface area contributed by atoms with Gasteiger partial charge in [-0.25, -0.2) is 0 Å². The van der Waals surface area contributed by atoms with Crippen molar-refractivity contribution in [3.05, 3.63) is 64.7 Å². The average Bonchev–Trinajstić information content (AvgIpc) is 2.62. The maximum absolute atomic E-state index is 12.9. The van der Waals surface area contributed by atoms with Crippen LogP contribution in [0.4, 0.5) is 0 Å². The van der Waals surface area contributed by atoms with Crippen LogP contribution in [0, 0.1) is 18.3 Å². The summed E-state index contributed by atoms with van der Waals surface area (Å²) in [6, 6.07) is 14.4. The Labute approximate surface area is 146 Å². The van der Waals surface area contributed by atoms with Crippen molar-refractivity contribution in [1.82, 2.24) is 5.32 Å². The molecule has 5 nitrogen and oxygen atoms in total. The molecule has 1 saturated heterocycles. The van der Waals surface area contributed by atoms with Crippen molar-refractivity contribution in [2.24, 2.45) is 0 Å². The van der Waals surface area contributed by atoms with E-state index in [9.17, 15) is 15.2 Å². The fraction of sp³-hybridized carbons (Fsp3) is 0.300. The first-order valence-electron chi connectivity index (χ1n) is 8.25. The van der Waals surface area contributed by atoms with Crippen LogP contribution in [-0.2, 0) is 10.3 Å². The van der Waals surface area contributed by atoms with Crippen molar-refractivity contribution >= 4 is 5.91 Å². The van der Waals surface area contributed by atoms with Gasteiger partial charge in [0.05, 0.1) is 22.7 Å². The molecule has 0 aromatic heterocycles. The second kappa shape index (κ2) is 6.96. The number of nitrogens with zero attached hydrogens (tertiary/aromatic N) is 1. The molecule has 2 aromatic rings. The van der Waals surface area contributed by atoms with E-state index in [2.05, 4.69) is 11.4 Å². The normalized spacial score (nSPS) is 16.0. The number of nitriles is 1. The van der Waals surface area contributed by atoms with E-state index in [1.807, 2.05) is 18.2 Å². The van der Waals surface area contributed by atoms with E-state index >= 15 is 0 Å². The molecule has 2 aromatic carbocycles. The van der Waals surface area contributed by atoms with Gasteiger partial charge in [0.1, 0.15) is 5.75 Å². The Balaban J connectivity index is 1.99. The number of amides is 1. The summed E-state index contributed by atoms with van der Waals surface area (Å²) in [6.45, 7) is 2.84. The van der Waals surface area contributed by atoms with E-state index in [0.717, 1.165) is 5.56 Å². The van der Waals surface area contributed by atoms with Crippen LogP contribution in [-0.4, -0.2) is 24.2 Å². The van der Waals surface area contributed by atoms with Crippen LogP contribution in [0.15, 0.2) is 42.5 Å². The first kappa shape index (κ1) is 17.0. The van der Waals surface area contributed by atoms with Crippen LogP contribution >= 0.6 is 0 Å². The molecule has 5 heteroatoms. The second-order valence-electron chi connectivity index (χ2n) is 6.31. The van der Waals surface area contributed by atoms with E-state index in [1.54, 1.807) is 25.1 Å². The number of carbonyl (C=O) groups excluding carboxylic acids is 1. The van der Waals surface area contributed by atoms with Crippen LogP contribution in [0.2, 0.25) is 0 Å². The van der Waals surface area contributed by atoms with Gasteiger partial charge in [-0.1, -0.05) is 24.3 Å². The smallest absolute Gasteiger partial charge is 0.256 e. The number of benzene rings is 2. The number of carbonyl (C=O) groups is 1. The third kappa shape index (κ3) is 3.35. The predicted molar refractivity (Wildman–Crippen MR) is 93.2 cm³/mol. The molecule has 25 heavy (non-hydrogen) atoms. The third-order valence-electron chi connectivity index (χ3n) is 4.72. The van der Waals surface area contributed by atoms with E-state index in [4.69, 9.17) is 4.74 Å². The highest BCUT2D eigenvalue weighted by Gasteiger charge is 2.37. The molecule has 0 atom stereocenters. The molecule has 1 aliphatic heterocycles. The van der Waals surface area contributed by atoms with Crippen molar-refractivity contribution in [3.63, 3.8) is 0 Å². The molecule has 1 aliphatic rings. The number of nitrogens with one attached hydrogen (secondary N) is 1. The quantitative estimate of drug-likeness (QED) is 0.902. The summed E-state index contributed by atoms with van der Waals surface area (Å²) in [5, 5.41) is 22.4. The highest BCUT2D eigenvalue weighted by Crippen LogP contribution is 2.34. The molecule has 1 fully saturated rings. The van der Waals surface area contributed by atoms with Crippen LogP contribution in [0.1, 0.15) is 39.9 Å². The van der Waals surface area contributed by atoms with Gasteiger partial charge in [-0.05, 0) is 49.1 Å². The lowest BCUT2D eigenvalue weighted by molar-refractivity contribution is 0.0344. The Hall–Kier alpha value is -2.84. The van der Waals surface area contributed by atoms with Gasteiger partial charge in [0.15, 0.2) is 0 Å². The highest BCUT2D eigenvalue weighted by molar-refractivity contribution is 5.98. The number of phenolic OH excluding ortho intramolecular Hbond substituents is 1. The van der Waals surface area contributed by atoms with Crippen LogP contribution in [0.25, 0.3) is 0 Å². The molecule has 0 radical (unpaired) electrons. The Morgan fingerprint density at radius 2 is 1.96 bits per heavy atom. The largest absolute Gasteiger partial charge is 0.507 e. The SMILES string of the molecule is Cc1cccc(O)c1C(=O)NC1(c2cccc(C#N)c2)CCOCC1. The second-order valence-corrected chi connectivity index (χ2v) is 6.31. The van der Waals surface area contributed by atoms with Crippen LogP contribution < -0.4 is 5.32 Å². The molecule has 0 aliphatic carbocycles. The fourth-order valence-corrected chi connectivity index (χ4v) is 3.32. The number of hydrogen-bond donors (Lipinski definition) is 2. The number of rotatable bonds is 3. The summed E-state index contributed by atoms with van der Waals surface area (Å²) in [5.74, 6) is -0.356. The predicted octanol–water partition coefficient (Wildman–Crippen LogP) is 3.01. The van der Waals surface area contributed by atoms with Gasteiger partial charge in [-0.2, -0.15) is 5.26 Å². The zero-order valence-electron chi connectivity index (χ0n) is 14.1. The molecule has 0 bridgehead atoms. The van der Waals surface area contributed by atoms with Crippen molar-refractivity contribution in [2.45, 2.75) is 25.3 Å². The molecule has 0 spiro atoms. The van der Waals surface area contributed by atoms with Crippen LogP contribution in [0.5, 0.6) is 5.75 Å². The number of aromatic hydroxyl groups is 1. The minimum Gasteiger partial charge on any atom is -0.507 e. The Kier molecular flexibility index (Phi) is 4.73. The molecule has 2 N–H and O–H groups in total. The van der Waals surface area contributed by atoms with Crippen molar-refractivity contribution in [3.8, 4) is 11.8 Å². The lowest BCUT2D eigenvalue weighted by atomic mass is 9.81. The van der Waals surface area contributed by atoms with E-state index in [0.29, 0.717) is 37.2 Å². The van der Waals surface area contributed by atoms with Gasteiger partial charge in [0.2, 0.25) is 0 Å². The van der Waals surface area contributed by atoms with Gasteiger partial charge in [0.25, 0.3) is 5.91 Å². The zero-order chi connectivity index (χ0) is 17.9. The number of aryl methyl sites for hydroxylation is 1. The van der Waals surface area contributed by atoms with Crippen molar-refractivity contribution < 1.29 is 14.6 Å². The number of phenols is 1. The maximum Gasteiger partial charge on any atom is 0.256 e. The Morgan fingerprint density at radius 3 is 2.64 bits per heavy atom. The molecule has 128 valence electrons. The number of ether oxygens (including phenoxy) is 1. The maximum atomic E-state index is 12.9. The summed E-state index contributed by atoms with van der Waals surface area (Å²) in [4.78, 5) is 12.9. The minimum atomic E-state index is -0.614. The van der Waals surface area contributed by atoms with Crippen molar-refractivity contribution in [2.75, 3.05) is 13.2 Å². The highest BCUT2D eigenvalue weighted by atomic mass is 16.5. The van der Waals surface area contributed by atoms with E-state index in [-0.39, 0.29) is 17.2 Å². The lowest BCUT2D eigenvalue weighted by Crippen LogP contribution is -2.49. The number of hydrogen-bond acceptors (Lipinski definition) is 4. The molecular weight excluding hydrogens is 316 g/mol. The topological polar surface area (TPSA) is 82.4 Å². The zero-order valence-corrected chi connectivity index (χ0v) is 14.1. The summed E-state index contributed by atoms with van der Waals surface area (Å²) >= 11 is 0. The van der Waals surface area contributed by atoms with Gasteiger partial charge in [0, 0.05) is 13.2 Å². The van der Waals surface area contributed by atoms with E-state index in [1.165, 1.54) is 6.07 Å². The summed E-state index contributed by atoms with van der Waals surface area (Å²) in [5.41, 5.74) is 1.82. The van der Waals surface area contributed by atoms with E-state index < -0.39 is 5.54 Å². The molecular formula is C20H20N2O3. The lowest BCUT2D eigenvalue weighted by Gasteiger charge is -2.38.